The van der Waals surface area contributed by atoms with E-state index in [1.807, 2.05) is 12.1 Å². The smallest absolute Gasteiger partial charge is 0.359 e. The molecule has 1 amide bonds. The molecule has 1 aromatic carbocycles. The van der Waals surface area contributed by atoms with Crippen molar-refractivity contribution in [2.45, 2.75) is 6.42 Å². The molecule has 2 rings (SSSR count). The van der Waals surface area contributed by atoms with Crippen LogP contribution in [0.3, 0.4) is 0 Å². The van der Waals surface area contributed by atoms with Gasteiger partial charge in [0.15, 0.2) is 12.3 Å². The number of carbonyl (C=O) groups is 2. The van der Waals surface area contributed by atoms with Crippen LogP contribution in [0.5, 0.6) is 0 Å². The van der Waals surface area contributed by atoms with Crippen molar-refractivity contribution >= 4 is 22.8 Å². The molecule has 7 heteroatoms. The molecule has 0 radical (unpaired) electrons. The van der Waals surface area contributed by atoms with Crippen LogP contribution >= 0.6 is 0 Å². The van der Waals surface area contributed by atoms with Gasteiger partial charge in [-0.25, -0.2) is 4.79 Å². The number of methoxy groups -OCH3 is 1. The lowest BCUT2D eigenvalue weighted by Crippen LogP contribution is -2.30. The van der Waals surface area contributed by atoms with Crippen LogP contribution < -0.4 is 5.32 Å². The molecule has 1 heterocycles. The number of nitrogens with one attached hydrogen (secondary N) is 2. The molecule has 7 nitrogen and oxygen atoms in total. The highest BCUT2D eigenvalue weighted by Gasteiger charge is 2.16. The summed E-state index contributed by atoms with van der Waals surface area (Å²) in [7, 11) is 1.60. The Balaban J connectivity index is 1.83. The number of amides is 1. The first-order valence-corrected chi connectivity index (χ1v) is 6.58. The fourth-order valence-corrected chi connectivity index (χ4v) is 1.81. The molecular weight excluding hydrogens is 274 g/mol. The molecule has 0 unspecified atom stereocenters. The number of fused-ring (bicyclic) bond motifs is 1. The Kier molecular flexibility index (Phi) is 5.28. The summed E-state index contributed by atoms with van der Waals surface area (Å²) in [5.41, 5.74) is 0.922. The van der Waals surface area contributed by atoms with Gasteiger partial charge in [-0.1, -0.05) is 18.2 Å². The van der Waals surface area contributed by atoms with Gasteiger partial charge in [0.2, 0.25) is 0 Å². The number of ether oxygens (including phenoxy) is 2. The standard InChI is InChI=1S/C14H17N3O4/c1-20-8-4-7-15-12(18)9-21-14(19)13-10-5-2-3-6-11(10)16-17-13/h2-3,5-6H,4,7-9H2,1H3,(H,15,18)(H,16,17). The van der Waals surface area contributed by atoms with Crippen LogP contribution in [0.25, 0.3) is 10.9 Å². The first-order chi connectivity index (χ1) is 10.2. The average molecular weight is 291 g/mol. The van der Waals surface area contributed by atoms with Crippen molar-refractivity contribution in [3.8, 4) is 0 Å². The van der Waals surface area contributed by atoms with E-state index in [2.05, 4.69) is 15.5 Å². The summed E-state index contributed by atoms with van der Waals surface area (Å²) < 4.78 is 9.81. The van der Waals surface area contributed by atoms with Gasteiger partial charge in [-0.05, 0) is 12.5 Å². The number of hydrogen-bond acceptors (Lipinski definition) is 5. The Labute approximate surface area is 121 Å². The Hall–Kier alpha value is -2.41. The van der Waals surface area contributed by atoms with E-state index in [-0.39, 0.29) is 18.2 Å². The molecule has 0 saturated heterocycles. The van der Waals surface area contributed by atoms with Crippen LogP contribution in [-0.2, 0) is 14.3 Å². The van der Waals surface area contributed by atoms with Gasteiger partial charge in [0, 0.05) is 25.6 Å². The van der Waals surface area contributed by atoms with Crippen molar-refractivity contribution < 1.29 is 19.1 Å². The molecule has 0 spiro atoms. The summed E-state index contributed by atoms with van der Waals surface area (Å²) in [5.74, 6) is -0.973. The molecule has 112 valence electrons. The quantitative estimate of drug-likeness (QED) is 0.583. The second kappa shape index (κ2) is 7.39. The van der Waals surface area contributed by atoms with Crippen molar-refractivity contribution in [2.24, 2.45) is 0 Å². The number of nitrogens with zero attached hydrogens (tertiary/aromatic N) is 1. The van der Waals surface area contributed by atoms with Gasteiger partial charge in [0.25, 0.3) is 5.91 Å². The average Bonchev–Trinajstić information content (AvgIpc) is 2.93. The van der Waals surface area contributed by atoms with Crippen molar-refractivity contribution in [3.63, 3.8) is 0 Å². The first-order valence-electron chi connectivity index (χ1n) is 6.58. The highest BCUT2D eigenvalue weighted by atomic mass is 16.5. The topological polar surface area (TPSA) is 93.3 Å². The van der Waals surface area contributed by atoms with E-state index < -0.39 is 5.97 Å². The van der Waals surface area contributed by atoms with Crippen LogP contribution in [0.15, 0.2) is 24.3 Å². The molecule has 2 aromatic rings. The third-order valence-corrected chi connectivity index (χ3v) is 2.85. The van der Waals surface area contributed by atoms with Crippen molar-refractivity contribution in [1.29, 1.82) is 0 Å². The number of benzene rings is 1. The Morgan fingerprint density at radius 3 is 2.95 bits per heavy atom. The molecular formula is C14H17N3O4. The second-order valence-corrected chi connectivity index (χ2v) is 4.39. The minimum Gasteiger partial charge on any atom is -0.451 e. The lowest BCUT2D eigenvalue weighted by atomic mass is 10.2. The van der Waals surface area contributed by atoms with Crippen LogP contribution in [0.2, 0.25) is 0 Å². The van der Waals surface area contributed by atoms with Gasteiger partial charge in [-0.15, -0.1) is 0 Å². The first kappa shape index (κ1) is 15.0. The maximum Gasteiger partial charge on any atom is 0.359 e. The van der Waals surface area contributed by atoms with Gasteiger partial charge in [-0.3, -0.25) is 9.89 Å². The summed E-state index contributed by atoms with van der Waals surface area (Å²) in [4.78, 5) is 23.4. The zero-order valence-electron chi connectivity index (χ0n) is 11.7. The lowest BCUT2D eigenvalue weighted by molar-refractivity contribution is -0.124. The highest BCUT2D eigenvalue weighted by molar-refractivity contribution is 6.02. The third kappa shape index (κ3) is 4.03. The van der Waals surface area contributed by atoms with E-state index >= 15 is 0 Å². The number of rotatable bonds is 7. The Morgan fingerprint density at radius 2 is 2.14 bits per heavy atom. The van der Waals surface area contributed by atoms with Crippen LogP contribution in [-0.4, -0.2) is 48.9 Å². The summed E-state index contributed by atoms with van der Waals surface area (Å²) in [6.45, 7) is 0.724. The third-order valence-electron chi connectivity index (χ3n) is 2.85. The number of aromatic nitrogens is 2. The molecule has 0 aliphatic rings. The van der Waals surface area contributed by atoms with Gasteiger partial charge >= 0.3 is 5.97 Å². The minimum atomic E-state index is -0.625. The largest absolute Gasteiger partial charge is 0.451 e. The van der Waals surface area contributed by atoms with Gasteiger partial charge in [-0.2, -0.15) is 5.10 Å². The summed E-state index contributed by atoms with van der Waals surface area (Å²) in [6, 6.07) is 7.21. The SMILES string of the molecule is COCCCNC(=O)COC(=O)c1n[nH]c2ccccc12. The number of hydrogen-bond donors (Lipinski definition) is 2. The zero-order chi connectivity index (χ0) is 15.1. The van der Waals surface area contributed by atoms with Gasteiger partial charge < -0.3 is 14.8 Å². The van der Waals surface area contributed by atoms with Gasteiger partial charge in [0.05, 0.1) is 5.52 Å². The van der Waals surface area contributed by atoms with Crippen molar-refractivity contribution in [2.75, 3.05) is 26.9 Å². The fourth-order valence-electron chi connectivity index (χ4n) is 1.81. The predicted molar refractivity (Wildman–Crippen MR) is 75.9 cm³/mol. The van der Waals surface area contributed by atoms with Crippen LogP contribution in [0.1, 0.15) is 16.9 Å². The molecule has 2 N–H and O–H groups in total. The molecule has 0 aliphatic carbocycles. The Bertz CT molecular complexity index is 623. The number of carbonyl (C=O) groups excluding carboxylic acids is 2. The molecule has 0 bridgehead atoms. The Morgan fingerprint density at radius 1 is 1.33 bits per heavy atom. The van der Waals surface area contributed by atoms with Crippen molar-refractivity contribution in [3.05, 3.63) is 30.0 Å². The molecule has 0 fully saturated rings. The minimum absolute atomic E-state index is 0.179. The maximum atomic E-state index is 11.9. The van der Waals surface area contributed by atoms with E-state index in [0.717, 1.165) is 5.52 Å². The lowest BCUT2D eigenvalue weighted by Gasteiger charge is -2.05. The van der Waals surface area contributed by atoms with Crippen LogP contribution in [0, 0.1) is 0 Å². The number of aromatic amines is 1. The number of H-pyrrole nitrogens is 1. The molecule has 21 heavy (non-hydrogen) atoms. The second-order valence-electron chi connectivity index (χ2n) is 4.39. The fraction of sp³-hybridized carbons (Fsp3) is 0.357. The van der Waals surface area contributed by atoms with E-state index in [1.165, 1.54) is 0 Å². The number of para-hydroxylation sites is 1. The number of esters is 1. The van der Waals surface area contributed by atoms with E-state index in [4.69, 9.17) is 9.47 Å². The predicted octanol–water partition coefficient (Wildman–Crippen LogP) is 0.872. The summed E-state index contributed by atoms with van der Waals surface area (Å²) in [5, 5.41) is 9.95. The highest BCUT2D eigenvalue weighted by Crippen LogP contribution is 2.15. The maximum absolute atomic E-state index is 11.9. The monoisotopic (exact) mass is 291 g/mol. The van der Waals surface area contributed by atoms with E-state index in [0.29, 0.717) is 25.0 Å². The molecule has 0 saturated carbocycles. The molecule has 1 aromatic heterocycles. The van der Waals surface area contributed by atoms with Gasteiger partial charge in [0.1, 0.15) is 0 Å². The normalized spacial score (nSPS) is 10.5. The van der Waals surface area contributed by atoms with Crippen molar-refractivity contribution in [1.82, 2.24) is 15.5 Å². The van der Waals surface area contributed by atoms with Crippen LogP contribution in [0.4, 0.5) is 0 Å². The summed E-state index contributed by atoms with van der Waals surface area (Å²) in [6.07, 6.45) is 0.709. The molecule has 0 atom stereocenters. The van der Waals surface area contributed by atoms with E-state index in [9.17, 15) is 9.59 Å². The zero-order valence-corrected chi connectivity index (χ0v) is 11.7. The molecule has 0 aliphatic heterocycles. The summed E-state index contributed by atoms with van der Waals surface area (Å²) >= 11 is 0. The van der Waals surface area contributed by atoms with E-state index in [1.54, 1.807) is 19.2 Å².